The third-order valence-electron chi connectivity index (χ3n) is 3.70. The van der Waals surface area contributed by atoms with Crippen LogP contribution in [-0.2, 0) is 29.2 Å². The molecule has 3 fully saturated rings. The van der Waals surface area contributed by atoms with Gasteiger partial charge in [0.2, 0.25) is 0 Å². The van der Waals surface area contributed by atoms with Crippen molar-refractivity contribution in [1.82, 2.24) is 0 Å². The Hall–Kier alpha value is -0.800. The van der Waals surface area contributed by atoms with Crippen LogP contribution in [0.5, 0.6) is 0 Å². The fraction of sp³-hybridized carbons (Fsp3) is 0.800. The number of carbonyl (C=O) groups is 2. The molecule has 0 aromatic carbocycles. The maximum absolute atomic E-state index is 11.9. The quantitative estimate of drug-likeness (QED) is 0.545. The molecule has 1 N–H and O–H groups in total. The van der Waals surface area contributed by atoms with Crippen LogP contribution in [-0.4, -0.2) is 53.9 Å². The third-order valence-corrected chi connectivity index (χ3v) is 6.13. The van der Waals surface area contributed by atoms with Gasteiger partial charge in [-0.05, 0) is 6.42 Å². The largest absolute Gasteiger partial charge is 0.464 e. The van der Waals surface area contributed by atoms with E-state index in [1.807, 2.05) is 0 Å². The smallest absolute Gasteiger partial charge is 0.311 e. The fourth-order valence-electron chi connectivity index (χ4n) is 2.96. The predicted molar refractivity (Wildman–Crippen MR) is 64.0 cm³/mol. The van der Waals surface area contributed by atoms with E-state index in [0.29, 0.717) is 6.42 Å². The molecule has 5 atom stereocenters. The topological polar surface area (TPSA) is 107 Å². The van der Waals surface area contributed by atoms with Gasteiger partial charge in [0.25, 0.3) is 10.1 Å². The molecular formula is C10H12O7S2. The Morgan fingerprint density at radius 2 is 2.26 bits per heavy atom. The molecule has 3 aliphatic heterocycles. The molecule has 0 saturated carbocycles. The average molecular weight is 308 g/mol. The summed E-state index contributed by atoms with van der Waals surface area (Å²) in [5.74, 6) is -2.59. The molecule has 0 aromatic heterocycles. The highest BCUT2D eigenvalue weighted by molar-refractivity contribution is 8.01. The first-order chi connectivity index (χ1) is 8.87. The molecule has 7 nitrogen and oxygen atoms in total. The highest BCUT2D eigenvalue weighted by atomic mass is 32.2. The minimum atomic E-state index is -4.15. The Morgan fingerprint density at radius 3 is 2.95 bits per heavy atom. The zero-order valence-electron chi connectivity index (χ0n) is 9.72. The molecule has 3 aliphatic rings. The van der Waals surface area contributed by atoms with E-state index in [9.17, 15) is 18.0 Å². The molecule has 3 rings (SSSR count). The minimum absolute atomic E-state index is 0.00434. The van der Waals surface area contributed by atoms with Crippen molar-refractivity contribution in [3.8, 4) is 0 Å². The number of hydrogen-bond donors (Lipinski definition) is 1. The van der Waals surface area contributed by atoms with Crippen LogP contribution in [0.4, 0.5) is 0 Å². The van der Waals surface area contributed by atoms with E-state index in [2.05, 4.69) is 0 Å². The van der Waals surface area contributed by atoms with E-state index in [1.165, 1.54) is 0 Å². The molecule has 106 valence electrons. The van der Waals surface area contributed by atoms with Crippen LogP contribution in [0.1, 0.15) is 6.42 Å². The molecule has 3 saturated heterocycles. The SMILES string of the molecule is O=C(OCCS(=O)(=O)O)C1C2CC3OC(=O)C1C3S2. The van der Waals surface area contributed by atoms with E-state index in [4.69, 9.17) is 14.0 Å². The van der Waals surface area contributed by atoms with Crippen LogP contribution in [0.2, 0.25) is 0 Å². The van der Waals surface area contributed by atoms with Crippen molar-refractivity contribution in [1.29, 1.82) is 0 Å². The normalized spacial score (nSPS) is 39.4. The number of ether oxygens (including phenoxy) is 2. The van der Waals surface area contributed by atoms with Gasteiger partial charge in [-0.1, -0.05) is 0 Å². The van der Waals surface area contributed by atoms with E-state index < -0.39 is 40.3 Å². The summed E-state index contributed by atoms with van der Waals surface area (Å²) >= 11 is 1.58. The van der Waals surface area contributed by atoms with Crippen LogP contribution in [0.25, 0.3) is 0 Å². The summed E-state index contributed by atoms with van der Waals surface area (Å²) in [5, 5.41) is 0.0290. The summed E-state index contributed by atoms with van der Waals surface area (Å²) in [4.78, 5) is 23.6. The van der Waals surface area contributed by atoms with Crippen LogP contribution in [0.3, 0.4) is 0 Å². The zero-order valence-corrected chi connectivity index (χ0v) is 11.4. The van der Waals surface area contributed by atoms with Crippen LogP contribution in [0.15, 0.2) is 0 Å². The van der Waals surface area contributed by atoms with Crippen LogP contribution >= 0.6 is 11.8 Å². The van der Waals surface area contributed by atoms with Crippen molar-refractivity contribution < 1.29 is 32.0 Å². The molecular weight excluding hydrogens is 296 g/mol. The molecule has 0 aromatic rings. The van der Waals surface area contributed by atoms with Gasteiger partial charge in [0.1, 0.15) is 18.5 Å². The maximum atomic E-state index is 11.9. The molecule has 19 heavy (non-hydrogen) atoms. The van der Waals surface area contributed by atoms with Crippen LogP contribution < -0.4 is 0 Å². The Bertz CT molecular complexity index is 526. The van der Waals surface area contributed by atoms with E-state index in [0.717, 1.165) is 0 Å². The van der Waals surface area contributed by atoms with Gasteiger partial charge in [0.15, 0.2) is 0 Å². The summed E-state index contributed by atoms with van der Waals surface area (Å²) in [6, 6.07) is 0. The molecule has 0 aliphatic carbocycles. The summed E-state index contributed by atoms with van der Waals surface area (Å²) in [6.07, 6.45) is 0.560. The van der Waals surface area contributed by atoms with E-state index in [-0.39, 0.29) is 22.6 Å². The van der Waals surface area contributed by atoms with Gasteiger partial charge in [0, 0.05) is 5.25 Å². The highest BCUT2D eigenvalue weighted by Crippen LogP contribution is 2.58. The van der Waals surface area contributed by atoms with Gasteiger partial charge < -0.3 is 9.47 Å². The Morgan fingerprint density at radius 1 is 1.53 bits per heavy atom. The van der Waals surface area contributed by atoms with Crippen molar-refractivity contribution in [2.24, 2.45) is 11.8 Å². The van der Waals surface area contributed by atoms with Crippen molar-refractivity contribution in [2.75, 3.05) is 12.4 Å². The standard InChI is InChI=1S/C10H12O7S2/c11-9(16-1-2-19(13,14)15)6-5-3-4-8(18-5)7(6)10(12)17-4/h4-8H,1-3H2,(H,13,14,15). The van der Waals surface area contributed by atoms with Crippen molar-refractivity contribution >= 4 is 33.8 Å². The second-order valence-electron chi connectivity index (χ2n) is 4.86. The fourth-order valence-corrected chi connectivity index (χ4v) is 5.20. The van der Waals surface area contributed by atoms with Gasteiger partial charge in [0.05, 0.1) is 17.1 Å². The number of hydrogen-bond acceptors (Lipinski definition) is 7. The summed E-state index contributed by atoms with van der Waals surface area (Å²) in [7, 11) is -4.15. The molecule has 0 radical (unpaired) electrons. The maximum Gasteiger partial charge on any atom is 0.311 e. The molecule has 5 unspecified atom stereocenters. The molecule has 2 bridgehead atoms. The van der Waals surface area contributed by atoms with Gasteiger partial charge in [-0.2, -0.15) is 8.42 Å². The summed E-state index contributed by atoms with van der Waals surface area (Å²) in [6.45, 7) is -0.401. The van der Waals surface area contributed by atoms with E-state index in [1.54, 1.807) is 11.8 Å². The monoisotopic (exact) mass is 308 g/mol. The first-order valence-corrected chi connectivity index (χ1v) is 8.40. The molecule has 0 spiro atoms. The molecule has 0 amide bonds. The van der Waals surface area contributed by atoms with Crippen molar-refractivity contribution in [2.45, 2.75) is 23.0 Å². The minimum Gasteiger partial charge on any atom is -0.464 e. The lowest BCUT2D eigenvalue weighted by Gasteiger charge is -2.21. The van der Waals surface area contributed by atoms with E-state index >= 15 is 0 Å². The molecule has 3 heterocycles. The highest BCUT2D eigenvalue weighted by Gasteiger charge is 2.65. The first kappa shape index (κ1) is 13.2. The van der Waals surface area contributed by atoms with Gasteiger partial charge in [-0.3, -0.25) is 14.1 Å². The number of thioether (sulfide) groups is 1. The first-order valence-electron chi connectivity index (χ1n) is 5.84. The van der Waals surface area contributed by atoms with Gasteiger partial charge in [-0.25, -0.2) is 0 Å². The van der Waals surface area contributed by atoms with Crippen molar-refractivity contribution in [3.63, 3.8) is 0 Å². The summed E-state index contributed by atoms with van der Waals surface area (Å²) < 4.78 is 39.6. The lowest BCUT2D eigenvalue weighted by Crippen LogP contribution is -2.37. The lowest BCUT2D eigenvalue weighted by molar-refractivity contribution is -0.154. The Kier molecular flexibility index (Phi) is 3.02. The van der Waals surface area contributed by atoms with Crippen LogP contribution in [0, 0.1) is 11.8 Å². The number of esters is 2. The zero-order chi connectivity index (χ0) is 13.8. The van der Waals surface area contributed by atoms with Crippen molar-refractivity contribution in [3.05, 3.63) is 0 Å². The average Bonchev–Trinajstić information content (AvgIpc) is 2.86. The predicted octanol–water partition coefficient (Wildman–Crippen LogP) is -0.537. The van der Waals surface area contributed by atoms with Gasteiger partial charge >= 0.3 is 11.9 Å². The van der Waals surface area contributed by atoms with Gasteiger partial charge in [-0.15, -0.1) is 11.8 Å². The lowest BCUT2D eigenvalue weighted by atomic mass is 9.80. The number of rotatable bonds is 4. The second-order valence-corrected chi connectivity index (χ2v) is 7.85. The number of carbonyl (C=O) groups excluding carboxylic acids is 2. The third kappa shape index (κ3) is 2.23. The number of fused-ring (bicyclic) bond motifs is 1. The Labute approximate surface area is 113 Å². The summed E-state index contributed by atoms with van der Waals surface area (Å²) in [5.41, 5.74) is 0. The molecule has 9 heteroatoms. The Balaban J connectivity index is 1.63. The second kappa shape index (κ2) is 4.35.